The number of hydrogen-bond acceptors (Lipinski definition) is 4. The Morgan fingerprint density at radius 1 is 1.39 bits per heavy atom. The fraction of sp³-hybridized carbons (Fsp3) is 0.714. The van der Waals surface area contributed by atoms with Crippen molar-refractivity contribution in [2.24, 2.45) is 0 Å². The number of thiophene rings is 1. The number of nitrogens with one attached hydrogen (secondary N) is 1. The maximum atomic E-state index is 5.48. The number of rotatable bonds is 8. The van der Waals surface area contributed by atoms with Crippen LogP contribution in [0.2, 0.25) is 0 Å². The predicted molar refractivity (Wildman–Crippen MR) is 77.6 cm³/mol. The van der Waals surface area contributed by atoms with E-state index in [0.717, 1.165) is 25.1 Å². The Balaban J connectivity index is 2.64. The maximum Gasteiger partial charge on any atom is 0.129 e. The van der Waals surface area contributed by atoms with E-state index < -0.39 is 0 Å². The van der Waals surface area contributed by atoms with E-state index in [2.05, 4.69) is 37.5 Å². The van der Waals surface area contributed by atoms with Gasteiger partial charge in [-0.2, -0.15) is 0 Å². The molecule has 0 radical (unpaired) electrons. The normalized spacial score (nSPS) is 13.6. The van der Waals surface area contributed by atoms with Crippen LogP contribution in [0.1, 0.15) is 44.5 Å². The first kappa shape index (κ1) is 15.5. The molecule has 0 aliphatic rings. The SMILES string of the molecule is CCNC(CCC(C)(C)OC)c1cc(OC)cs1. The average Bonchev–Trinajstić information content (AvgIpc) is 2.83. The quantitative estimate of drug-likeness (QED) is 0.783. The molecule has 104 valence electrons. The van der Waals surface area contributed by atoms with Crippen LogP contribution in [0.4, 0.5) is 0 Å². The molecule has 1 rings (SSSR count). The molecular weight excluding hydrogens is 246 g/mol. The molecule has 0 aromatic carbocycles. The second-order valence-corrected chi connectivity index (χ2v) is 5.94. The molecule has 0 amide bonds. The van der Waals surface area contributed by atoms with E-state index >= 15 is 0 Å². The Hall–Kier alpha value is -0.580. The monoisotopic (exact) mass is 271 g/mol. The van der Waals surface area contributed by atoms with Crippen LogP contribution in [0.15, 0.2) is 11.4 Å². The first-order valence-electron chi connectivity index (χ1n) is 6.43. The molecule has 4 heteroatoms. The third-order valence-electron chi connectivity index (χ3n) is 3.21. The molecule has 1 heterocycles. The van der Waals surface area contributed by atoms with Gasteiger partial charge in [0.05, 0.1) is 12.7 Å². The van der Waals surface area contributed by atoms with Gasteiger partial charge in [0.25, 0.3) is 0 Å². The highest BCUT2D eigenvalue weighted by atomic mass is 32.1. The van der Waals surface area contributed by atoms with Crippen molar-refractivity contribution < 1.29 is 9.47 Å². The lowest BCUT2D eigenvalue weighted by Crippen LogP contribution is -2.27. The van der Waals surface area contributed by atoms with Crippen molar-refractivity contribution in [2.75, 3.05) is 20.8 Å². The standard InChI is InChI=1S/C14H25NO2S/c1-6-15-12(7-8-14(2,3)17-5)13-9-11(16-4)10-18-13/h9-10,12,15H,6-8H2,1-5H3. The van der Waals surface area contributed by atoms with Gasteiger partial charge >= 0.3 is 0 Å². The van der Waals surface area contributed by atoms with Crippen LogP contribution in [0.25, 0.3) is 0 Å². The average molecular weight is 271 g/mol. The van der Waals surface area contributed by atoms with E-state index in [1.807, 2.05) is 0 Å². The Bertz CT molecular complexity index is 349. The fourth-order valence-electron chi connectivity index (χ4n) is 1.81. The highest BCUT2D eigenvalue weighted by molar-refractivity contribution is 7.10. The molecule has 1 atom stereocenters. The zero-order valence-corrected chi connectivity index (χ0v) is 12.9. The van der Waals surface area contributed by atoms with E-state index in [4.69, 9.17) is 9.47 Å². The summed E-state index contributed by atoms with van der Waals surface area (Å²) in [7, 11) is 3.48. The van der Waals surface area contributed by atoms with Crippen LogP contribution in [-0.4, -0.2) is 26.4 Å². The summed E-state index contributed by atoms with van der Waals surface area (Å²) < 4.78 is 10.7. The van der Waals surface area contributed by atoms with Crippen molar-refractivity contribution in [3.63, 3.8) is 0 Å². The molecule has 18 heavy (non-hydrogen) atoms. The van der Waals surface area contributed by atoms with Crippen molar-refractivity contribution in [3.05, 3.63) is 16.3 Å². The van der Waals surface area contributed by atoms with Gasteiger partial charge in [0.2, 0.25) is 0 Å². The van der Waals surface area contributed by atoms with Gasteiger partial charge in [0.15, 0.2) is 0 Å². The first-order chi connectivity index (χ1) is 8.52. The van der Waals surface area contributed by atoms with Crippen molar-refractivity contribution in [1.29, 1.82) is 0 Å². The molecule has 1 aromatic heterocycles. The molecule has 0 aliphatic heterocycles. The number of hydrogen-bond donors (Lipinski definition) is 1. The van der Waals surface area contributed by atoms with E-state index in [0.29, 0.717) is 6.04 Å². The highest BCUT2D eigenvalue weighted by Crippen LogP contribution is 2.31. The van der Waals surface area contributed by atoms with Gasteiger partial charge in [0, 0.05) is 23.4 Å². The molecular formula is C14H25NO2S. The lowest BCUT2D eigenvalue weighted by atomic mass is 9.98. The van der Waals surface area contributed by atoms with Gasteiger partial charge in [-0.3, -0.25) is 0 Å². The summed E-state index contributed by atoms with van der Waals surface area (Å²) in [5.74, 6) is 0.948. The summed E-state index contributed by atoms with van der Waals surface area (Å²) in [6.45, 7) is 7.37. The second-order valence-electron chi connectivity index (χ2n) is 5.00. The minimum Gasteiger partial charge on any atom is -0.496 e. The third kappa shape index (κ3) is 4.59. The summed E-state index contributed by atoms with van der Waals surface area (Å²) in [5.41, 5.74) is -0.0605. The molecule has 0 aliphatic carbocycles. The first-order valence-corrected chi connectivity index (χ1v) is 7.31. The largest absolute Gasteiger partial charge is 0.496 e. The van der Waals surface area contributed by atoms with Crippen LogP contribution >= 0.6 is 11.3 Å². The lowest BCUT2D eigenvalue weighted by molar-refractivity contribution is 0.0118. The molecule has 1 N–H and O–H groups in total. The third-order valence-corrected chi connectivity index (χ3v) is 4.24. The Labute approximate surface area is 114 Å². The van der Waals surface area contributed by atoms with Gasteiger partial charge < -0.3 is 14.8 Å². The van der Waals surface area contributed by atoms with Crippen molar-refractivity contribution in [2.45, 2.75) is 45.3 Å². The van der Waals surface area contributed by atoms with Crippen molar-refractivity contribution >= 4 is 11.3 Å². The maximum absolute atomic E-state index is 5.48. The fourth-order valence-corrected chi connectivity index (χ4v) is 2.78. The van der Waals surface area contributed by atoms with Gasteiger partial charge in [0.1, 0.15) is 5.75 Å². The number of methoxy groups -OCH3 is 2. The molecule has 0 saturated heterocycles. The van der Waals surface area contributed by atoms with E-state index in [-0.39, 0.29) is 5.60 Å². The molecule has 3 nitrogen and oxygen atoms in total. The smallest absolute Gasteiger partial charge is 0.129 e. The zero-order chi connectivity index (χ0) is 13.6. The van der Waals surface area contributed by atoms with Crippen molar-refractivity contribution in [1.82, 2.24) is 5.32 Å². The zero-order valence-electron chi connectivity index (χ0n) is 12.1. The summed E-state index contributed by atoms with van der Waals surface area (Å²) >= 11 is 1.75. The van der Waals surface area contributed by atoms with Gasteiger partial charge in [-0.1, -0.05) is 6.92 Å². The molecule has 0 saturated carbocycles. The minimum absolute atomic E-state index is 0.0605. The molecule has 0 bridgehead atoms. The molecule has 0 spiro atoms. The number of ether oxygens (including phenoxy) is 2. The second kappa shape index (κ2) is 7.12. The van der Waals surface area contributed by atoms with Crippen molar-refractivity contribution in [3.8, 4) is 5.75 Å². The Kier molecular flexibility index (Phi) is 6.12. The topological polar surface area (TPSA) is 30.5 Å². The molecule has 0 fully saturated rings. The van der Waals surface area contributed by atoms with E-state index in [9.17, 15) is 0 Å². The van der Waals surface area contributed by atoms with E-state index in [1.54, 1.807) is 25.6 Å². The summed E-state index contributed by atoms with van der Waals surface area (Å²) in [6.07, 6.45) is 2.10. The van der Waals surface area contributed by atoms with Crippen LogP contribution in [0.3, 0.4) is 0 Å². The van der Waals surface area contributed by atoms with Gasteiger partial charge in [-0.05, 0) is 39.3 Å². The highest BCUT2D eigenvalue weighted by Gasteiger charge is 2.20. The minimum atomic E-state index is -0.0605. The van der Waals surface area contributed by atoms with Crippen LogP contribution in [-0.2, 0) is 4.74 Å². The summed E-state index contributed by atoms with van der Waals surface area (Å²) in [6, 6.07) is 2.51. The van der Waals surface area contributed by atoms with Gasteiger partial charge in [-0.15, -0.1) is 11.3 Å². The Morgan fingerprint density at radius 2 is 2.11 bits per heavy atom. The van der Waals surface area contributed by atoms with Gasteiger partial charge in [-0.25, -0.2) is 0 Å². The predicted octanol–water partition coefficient (Wildman–Crippen LogP) is 3.61. The van der Waals surface area contributed by atoms with Crippen LogP contribution < -0.4 is 10.1 Å². The summed E-state index contributed by atoms with van der Waals surface area (Å²) in [4.78, 5) is 1.33. The van der Waals surface area contributed by atoms with Crippen LogP contribution in [0.5, 0.6) is 5.75 Å². The molecule has 1 unspecified atom stereocenters. The van der Waals surface area contributed by atoms with E-state index in [1.165, 1.54) is 4.88 Å². The molecule has 1 aromatic rings. The lowest BCUT2D eigenvalue weighted by Gasteiger charge is -2.25. The Morgan fingerprint density at radius 3 is 2.61 bits per heavy atom. The van der Waals surface area contributed by atoms with Crippen LogP contribution in [0, 0.1) is 0 Å². The summed E-state index contributed by atoms with van der Waals surface area (Å²) in [5, 5.41) is 5.59.